The number of hydrogen-bond donors (Lipinski definition) is 0. The van der Waals surface area contributed by atoms with E-state index in [1.165, 1.54) is 23.0 Å². The topological polar surface area (TPSA) is 113 Å². The maximum absolute atomic E-state index is 13.7. The Bertz CT molecular complexity index is 1800. The van der Waals surface area contributed by atoms with Gasteiger partial charge in [-0.25, -0.2) is 4.98 Å². The number of non-ortho nitro benzene ring substituents is 1. The number of aryl methyl sites for hydroxylation is 1. The Hall–Kier alpha value is -5.05. The van der Waals surface area contributed by atoms with Crippen LogP contribution in [0.5, 0.6) is 5.75 Å². The van der Waals surface area contributed by atoms with Crippen LogP contribution in [0.25, 0.3) is 33.6 Å². The van der Waals surface area contributed by atoms with E-state index in [0.717, 1.165) is 22.4 Å². The van der Waals surface area contributed by atoms with E-state index in [4.69, 9.17) is 14.1 Å². The van der Waals surface area contributed by atoms with E-state index in [1.807, 2.05) is 38.1 Å². The van der Waals surface area contributed by atoms with Gasteiger partial charge < -0.3 is 9.15 Å². The molecule has 9 nitrogen and oxygen atoms in total. The van der Waals surface area contributed by atoms with Crippen LogP contribution >= 0.6 is 0 Å². The lowest BCUT2D eigenvalue weighted by atomic mass is 9.96. The first-order valence-corrected chi connectivity index (χ1v) is 12.9. The molecule has 0 N–H and O–H groups in total. The smallest absolute Gasteiger partial charge is 0.282 e. The molecule has 0 atom stereocenters. The number of furan rings is 1. The first-order chi connectivity index (χ1) is 19.3. The highest BCUT2D eigenvalue weighted by atomic mass is 16.6. The second-order valence-corrected chi connectivity index (χ2v) is 9.61. The number of nitro groups is 1. The maximum atomic E-state index is 13.7. The molecule has 5 rings (SSSR count). The lowest BCUT2D eigenvalue weighted by Crippen LogP contribution is -2.20. The van der Waals surface area contributed by atoms with Gasteiger partial charge in [0.15, 0.2) is 5.82 Å². The van der Waals surface area contributed by atoms with Gasteiger partial charge >= 0.3 is 0 Å². The zero-order valence-electron chi connectivity index (χ0n) is 22.6. The van der Waals surface area contributed by atoms with Crippen molar-refractivity contribution in [2.75, 3.05) is 6.61 Å². The third-order valence-electron chi connectivity index (χ3n) is 6.56. The minimum Gasteiger partial charge on any atom is -0.494 e. The summed E-state index contributed by atoms with van der Waals surface area (Å²) in [5.41, 5.74) is 3.64. The van der Waals surface area contributed by atoms with Crippen LogP contribution in [0, 0.1) is 17.0 Å². The number of nitro benzene ring substituents is 1. The minimum absolute atomic E-state index is 0.00184. The molecule has 3 aromatic carbocycles. The van der Waals surface area contributed by atoms with Gasteiger partial charge in [0.05, 0.1) is 28.6 Å². The summed E-state index contributed by atoms with van der Waals surface area (Å²) in [7, 11) is 0. The van der Waals surface area contributed by atoms with Crippen LogP contribution in [0.3, 0.4) is 0 Å². The van der Waals surface area contributed by atoms with Gasteiger partial charge in [0.25, 0.3) is 11.2 Å². The molecule has 0 fully saturated rings. The van der Waals surface area contributed by atoms with Crippen LogP contribution in [0.1, 0.15) is 43.6 Å². The summed E-state index contributed by atoms with van der Waals surface area (Å²) in [5, 5.41) is 15.9. The first kappa shape index (κ1) is 26.6. The highest BCUT2D eigenvalue weighted by Gasteiger charge is 2.19. The fourth-order valence-corrected chi connectivity index (χ4v) is 4.52. The first-order valence-electron chi connectivity index (χ1n) is 12.9. The molecule has 0 aliphatic carbocycles. The van der Waals surface area contributed by atoms with Crippen molar-refractivity contribution in [1.82, 2.24) is 9.66 Å². The summed E-state index contributed by atoms with van der Waals surface area (Å²) < 4.78 is 13.1. The van der Waals surface area contributed by atoms with E-state index >= 15 is 0 Å². The zero-order valence-corrected chi connectivity index (χ0v) is 22.6. The summed E-state index contributed by atoms with van der Waals surface area (Å²) in [4.78, 5) is 29.0. The van der Waals surface area contributed by atoms with Gasteiger partial charge in [-0.2, -0.15) is 9.78 Å². The monoisotopic (exact) mass is 536 g/mol. The van der Waals surface area contributed by atoms with Gasteiger partial charge in [-0.05, 0) is 79.4 Å². The molecule has 0 spiro atoms. The predicted octanol–water partition coefficient (Wildman–Crippen LogP) is 6.94. The lowest BCUT2D eigenvalue weighted by molar-refractivity contribution is -0.384. The molecule has 0 unspecified atom stereocenters. The Morgan fingerprint density at radius 2 is 1.85 bits per heavy atom. The predicted molar refractivity (Wildman–Crippen MR) is 155 cm³/mol. The number of para-hydroxylation sites is 1. The summed E-state index contributed by atoms with van der Waals surface area (Å²) in [6, 6.07) is 20.7. The Morgan fingerprint density at radius 3 is 2.55 bits per heavy atom. The van der Waals surface area contributed by atoms with Crippen molar-refractivity contribution in [2.24, 2.45) is 5.10 Å². The molecule has 0 saturated heterocycles. The Balaban J connectivity index is 1.61. The number of fused-ring (bicyclic) bond motifs is 1. The summed E-state index contributed by atoms with van der Waals surface area (Å²) in [5.74, 6) is 2.33. The van der Waals surface area contributed by atoms with Crippen molar-refractivity contribution in [3.05, 3.63) is 110 Å². The van der Waals surface area contributed by atoms with E-state index in [0.29, 0.717) is 40.4 Å². The summed E-state index contributed by atoms with van der Waals surface area (Å²) >= 11 is 0. The average Bonchev–Trinajstić information content (AvgIpc) is 3.42. The second-order valence-electron chi connectivity index (χ2n) is 9.61. The van der Waals surface area contributed by atoms with E-state index in [1.54, 1.807) is 36.4 Å². The number of aromatic nitrogens is 2. The fourth-order valence-electron chi connectivity index (χ4n) is 4.52. The zero-order chi connectivity index (χ0) is 28.4. The number of benzene rings is 3. The van der Waals surface area contributed by atoms with Crippen molar-refractivity contribution >= 4 is 22.8 Å². The molecule has 0 saturated carbocycles. The number of ether oxygens (including phenoxy) is 1. The van der Waals surface area contributed by atoms with Crippen LogP contribution in [-0.4, -0.2) is 27.4 Å². The van der Waals surface area contributed by atoms with E-state index in [2.05, 4.69) is 18.9 Å². The summed E-state index contributed by atoms with van der Waals surface area (Å²) in [6.07, 6.45) is 1.46. The highest BCUT2D eigenvalue weighted by molar-refractivity contribution is 5.82. The van der Waals surface area contributed by atoms with E-state index < -0.39 is 4.92 Å². The molecule has 0 radical (unpaired) electrons. The molecule has 0 aliphatic heterocycles. The number of hydrogen-bond acceptors (Lipinski definition) is 7. The molecule has 0 amide bonds. The van der Waals surface area contributed by atoms with Crippen molar-refractivity contribution in [3.8, 4) is 28.5 Å². The SMILES string of the molecule is CCOc1cc(C)c(-c2nc3ccccc3c(=O)n2N=Cc2ccc(-c3ccc([N+](=O)[O-])cc3)o2)cc1C(C)C. The molecular formula is C31H28N4O5. The van der Waals surface area contributed by atoms with Crippen molar-refractivity contribution in [1.29, 1.82) is 0 Å². The van der Waals surface area contributed by atoms with Gasteiger partial charge in [0.1, 0.15) is 17.3 Å². The van der Waals surface area contributed by atoms with Crippen LogP contribution in [-0.2, 0) is 0 Å². The molecule has 40 heavy (non-hydrogen) atoms. The Morgan fingerprint density at radius 1 is 1.10 bits per heavy atom. The average molecular weight is 537 g/mol. The van der Waals surface area contributed by atoms with Crippen LogP contribution in [0.4, 0.5) is 5.69 Å². The van der Waals surface area contributed by atoms with Gasteiger partial charge in [-0.1, -0.05) is 26.0 Å². The Kier molecular flexibility index (Phi) is 7.29. The minimum atomic E-state index is -0.451. The van der Waals surface area contributed by atoms with Gasteiger partial charge in [0, 0.05) is 23.3 Å². The number of nitrogens with zero attached hydrogens (tertiary/aromatic N) is 4. The quantitative estimate of drug-likeness (QED) is 0.121. The van der Waals surface area contributed by atoms with Crippen LogP contribution in [0.15, 0.2) is 87.1 Å². The second kappa shape index (κ2) is 11.0. The molecule has 202 valence electrons. The molecule has 2 aromatic heterocycles. The normalized spacial score (nSPS) is 11.5. The van der Waals surface area contributed by atoms with E-state index in [-0.39, 0.29) is 17.2 Å². The molecule has 9 heteroatoms. The van der Waals surface area contributed by atoms with Gasteiger partial charge in [-0.15, -0.1) is 0 Å². The fraction of sp³-hybridized carbons (Fsp3) is 0.194. The van der Waals surface area contributed by atoms with Gasteiger partial charge in [-0.3, -0.25) is 14.9 Å². The summed E-state index contributed by atoms with van der Waals surface area (Å²) in [6.45, 7) is 8.64. The van der Waals surface area contributed by atoms with Crippen molar-refractivity contribution in [3.63, 3.8) is 0 Å². The lowest BCUT2D eigenvalue weighted by Gasteiger charge is -2.18. The largest absolute Gasteiger partial charge is 0.494 e. The van der Waals surface area contributed by atoms with Crippen LogP contribution in [0.2, 0.25) is 0 Å². The molecule has 2 heterocycles. The highest BCUT2D eigenvalue weighted by Crippen LogP contribution is 2.34. The van der Waals surface area contributed by atoms with E-state index in [9.17, 15) is 14.9 Å². The molecule has 0 aliphatic rings. The van der Waals surface area contributed by atoms with Crippen molar-refractivity contribution in [2.45, 2.75) is 33.6 Å². The third kappa shape index (κ3) is 5.13. The Labute approximate surface area is 230 Å². The van der Waals surface area contributed by atoms with Gasteiger partial charge in [0.2, 0.25) is 0 Å². The molecular weight excluding hydrogens is 508 g/mol. The third-order valence-corrected chi connectivity index (χ3v) is 6.56. The molecule has 5 aromatic rings. The number of rotatable bonds is 8. The maximum Gasteiger partial charge on any atom is 0.282 e. The van der Waals surface area contributed by atoms with Crippen LogP contribution < -0.4 is 10.3 Å². The standard InChI is InChI=1S/C31H28N4O5/c1-5-39-29-16-20(4)26(17-25(29)19(2)3)30-33-27-9-7-6-8-24(27)31(36)34(30)32-18-23-14-15-28(40-23)21-10-12-22(13-11-21)35(37)38/h6-19H,5H2,1-4H3. The van der Waals surface area contributed by atoms with Crippen molar-refractivity contribution < 1.29 is 14.1 Å². The molecule has 0 bridgehead atoms.